The molecule has 0 aromatic heterocycles. The largest absolute Gasteiger partial charge is 2.00 e. The molecule has 0 aromatic carbocycles. The third kappa shape index (κ3) is 4830. The SMILES string of the molecule is CC(=O)[O-].CC(=O)[O-].O.O.O.O.O.O.O.O.O.[Zn+2]. The van der Waals surface area contributed by atoms with Crippen LogP contribution >= 0.6 is 0 Å². The molecule has 0 atom stereocenters. The molecule has 0 aliphatic heterocycles. The molecule has 0 bridgehead atoms. The molecule has 18 heavy (non-hydrogen) atoms. The smallest absolute Gasteiger partial charge is 0.550 e. The molecule has 0 saturated heterocycles. The predicted molar refractivity (Wildman–Crippen MR) is 53.9 cm³/mol. The molecule has 0 unspecified atom stereocenters. The molecule has 13 nitrogen and oxygen atoms in total. The number of hydrogen-bond acceptors (Lipinski definition) is 4. The number of carbonyl (C=O) groups is 2. The van der Waals surface area contributed by atoms with Crippen LogP contribution in [0.4, 0.5) is 0 Å². The molecule has 0 radical (unpaired) electrons. The minimum absolute atomic E-state index is 0. The summed E-state index contributed by atoms with van der Waals surface area (Å²) >= 11 is 0. The molecule has 0 fully saturated rings. The standard InChI is InChI=1S/2C2H4O2.9H2O.Zn/c2*1-2(3)4;;;;;;;;;;/h2*1H3,(H,3,4);9*1H2;/q;;;;;;;;;;;+2/p-2. The van der Waals surface area contributed by atoms with Crippen molar-refractivity contribution in [2.75, 3.05) is 0 Å². The van der Waals surface area contributed by atoms with Gasteiger partial charge in [-0.15, -0.1) is 0 Å². The summed E-state index contributed by atoms with van der Waals surface area (Å²) in [5.74, 6) is -2.17. The van der Waals surface area contributed by atoms with E-state index in [2.05, 4.69) is 0 Å². The van der Waals surface area contributed by atoms with Crippen molar-refractivity contribution in [3.63, 3.8) is 0 Å². The Morgan fingerprint density at radius 3 is 0.556 bits per heavy atom. The molecule has 0 aliphatic carbocycles. The Kier molecular flexibility index (Phi) is 1280. The summed E-state index contributed by atoms with van der Waals surface area (Å²) in [5.41, 5.74) is 0. The van der Waals surface area contributed by atoms with Crippen molar-refractivity contribution in [1.82, 2.24) is 0 Å². The van der Waals surface area contributed by atoms with Gasteiger partial charge in [0.1, 0.15) is 0 Å². The maximum absolute atomic E-state index is 8.89. The van der Waals surface area contributed by atoms with Crippen LogP contribution in [0.5, 0.6) is 0 Å². The molecule has 0 rings (SSSR count). The van der Waals surface area contributed by atoms with Gasteiger partial charge in [-0.3, -0.25) is 0 Å². The van der Waals surface area contributed by atoms with E-state index >= 15 is 0 Å². The summed E-state index contributed by atoms with van der Waals surface area (Å²) in [6.07, 6.45) is 0. The van der Waals surface area contributed by atoms with Gasteiger partial charge in [0.2, 0.25) is 0 Å². The fourth-order valence-corrected chi connectivity index (χ4v) is 0. The zero-order valence-corrected chi connectivity index (χ0v) is 12.8. The maximum Gasteiger partial charge on any atom is 2.00 e. The number of carboxylic acid groups (broad SMARTS) is 2. The Bertz CT molecular complexity index is 77.0. The van der Waals surface area contributed by atoms with Crippen LogP contribution < -0.4 is 10.2 Å². The summed E-state index contributed by atoms with van der Waals surface area (Å²) in [6.45, 7) is 1.94. The fourth-order valence-electron chi connectivity index (χ4n) is 0. The van der Waals surface area contributed by atoms with Gasteiger partial charge in [-0.1, -0.05) is 0 Å². The van der Waals surface area contributed by atoms with Crippen molar-refractivity contribution in [3.8, 4) is 0 Å². The molecule has 0 amide bonds. The average Bonchev–Trinajstić information content (AvgIpc) is 1.25. The molecule has 0 aromatic rings. The van der Waals surface area contributed by atoms with E-state index in [4.69, 9.17) is 19.8 Å². The average molecular weight is 346 g/mol. The number of rotatable bonds is 0. The topological polar surface area (TPSA) is 364 Å². The molecule has 0 heterocycles. The second kappa shape index (κ2) is 138. The third-order valence-corrected chi connectivity index (χ3v) is 0. The van der Waals surface area contributed by atoms with Gasteiger partial charge in [-0.2, -0.15) is 0 Å². The van der Waals surface area contributed by atoms with Crippen LogP contribution in [0.15, 0.2) is 0 Å². The zero-order chi connectivity index (χ0) is 7.15. The first-order valence-corrected chi connectivity index (χ1v) is 1.82. The van der Waals surface area contributed by atoms with Gasteiger partial charge in [-0.05, 0) is 13.8 Å². The number of carboxylic acids is 2. The van der Waals surface area contributed by atoms with Crippen molar-refractivity contribution in [2.24, 2.45) is 0 Å². The van der Waals surface area contributed by atoms with Crippen LogP contribution in [0, 0.1) is 0 Å². The van der Waals surface area contributed by atoms with E-state index in [0.29, 0.717) is 0 Å². The van der Waals surface area contributed by atoms with Crippen LogP contribution in [-0.2, 0) is 29.1 Å². The van der Waals surface area contributed by atoms with Crippen molar-refractivity contribution in [1.29, 1.82) is 0 Å². The van der Waals surface area contributed by atoms with Crippen molar-refractivity contribution in [3.05, 3.63) is 0 Å². The normalized spacial score (nSPS) is 2.78. The Labute approximate surface area is 115 Å². The van der Waals surface area contributed by atoms with Crippen molar-refractivity contribution < 1.29 is 88.6 Å². The third-order valence-electron chi connectivity index (χ3n) is 0. The maximum atomic E-state index is 8.89. The van der Waals surface area contributed by atoms with Gasteiger partial charge in [0.05, 0.1) is 0 Å². The number of aliphatic carboxylic acids is 2. The summed E-state index contributed by atoms with van der Waals surface area (Å²) in [6, 6.07) is 0. The van der Waals surface area contributed by atoms with Crippen LogP contribution in [-0.4, -0.2) is 61.2 Å². The Morgan fingerprint density at radius 2 is 0.556 bits per heavy atom. The van der Waals surface area contributed by atoms with E-state index in [9.17, 15) is 0 Å². The van der Waals surface area contributed by atoms with E-state index in [1.807, 2.05) is 0 Å². The van der Waals surface area contributed by atoms with Gasteiger partial charge in [0.25, 0.3) is 0 Å². The quantitative estimate of drug-likeness (QED) is 0.385. The van der Waals surface area contributed by atoms with Gasteiger partial charge in [-0.25, -0.2) is 0 Å². The van der Waals surface area contributed by atoms with E-state index in [0.717, 1.165) is 13.8 Å². The van der Waals surface area contributed by atoms with E-state index in [-0.39, 0.29) is 68.8 Å². The number of carbonyl (C=O) groups excluding carboxylic acids is 2. The van der Waals surface area contributed by atoms with Crippen molar-refractivity contribution >= 4 is 11.9 Å². The first-order valence-electron chi connectivity index (χ1n) is 1.82. The van der Waals surface area contributed by atoms with Crippen molar-refractivity contribution in [2.45, 2.75) is 13.8 Å². The summed E-state index contributed by atoms with van der Waals surface area (Å²) in [4.78, 5) is 17.8. The first kappa shape index (κ1) is 167. The van der Waals surface area contributed by atoms with E-state index in [1.54, 1.807) is 0 Å². The van der Waals surface area contributed by atoms with E-state index < -0.39 is 11.9 Å². The molecule has 18 N–H and O–H groups in total. The summed E-state index contributed by atoms with van der Waals surface area (Å²) < 4.78 is 0. The monoisotopic (exact) mass is 344 g/mol. The van der Waals surface area contributed by atoms with Gasteiger partial charge in [0, 0.05) is 11.9 Å². The fraction of sp³-hybridized carbons (Fsp3) is 0.500. The molecular formula is C4H24O13Zn. The molecule has 0 aliphatic rings. The molecule has 0 spiro atoms. The Balaban J connectivity index is -0.00000000257. The summed E-state index contributed by atoms with van der Waals surface area (Å²) in [5, 5.41) is 17.8. The minimum atomic E-state index is -1.08. The second-order valence-electron chi connectivity index (χ2n) is 0.983. The predicted octanol–water partition coefficient (Wildman–Crippen LogP) is -9.91. The van der Waals surface area contributed by atoms with Crippen LogP contribution in [0.25, 0.3) is 0 Å². The first-order chi connectivity index (χ1) is 3.46. The van der Waals surface area contributed by atoms with Crippen LogP contribution in [0.1, 0.15) is 13.8 Å². The van der Waals surface area contributed by atoms with Gasteiger partial charge >= 0.3 is 19.5 Å². The van der Waals surface area contributed by atoms with E-state index in [1.165, 1.54) is 0 Å². The Morgan fingerprint density at radius 1 is 0.556 bits per heavy atom. The minimum Gasteiger partial charge on any atom is -0.550 e. The molecule has 120 valence electrons. The van der Waals surface area contributed by atoms with Crippen LogP contribution in [0.3, 0.4) is 0 Å². The molecular weight excluding hydrogens is 321 g/mol. The molecule has 0 saturated carbocycles. The second-order valence-corrected chi connectivity index (χ2v) is 0.983. The summed E-state index contributed by atoms with van der Waals surface area (Å²) in [7, 11) is 0. The molecule has 14 heteroatoms. The van der Waals surface area contributed by atoms with Gasteiger partial charge < -0.3 is 69.1 Å². The zero-order valence-electron chi connectivity index (χ0n) is 9.84. The van der Waals surface area contributed by atoms with Crippen LogP contribution in [0.2, 0.25) is 0 Å². The number of hydrogen-bond donors (Lipinski definition) is 0. The Hall–Kier alpha value is -0.797. The van der Waals surface area contributed by atoms with Gasteiger partial charge in [0.15, 0.2) is 0 Å².